The predicted octanol–water partition coefficient (Wildman–Crippen LogP) is 1.68. The van der Waals surface area contributed by atoms with E-state index in [4.69, 9.17) is 5.73 Å². The average Bonchev–Trinajstić information content (AvgIpc) is 2.28. The van der Waals surface area contributed by atoms with Gasteiger partial charge in [-0.1, -0.05) is 6.42 Å². The average molecular weight is 251 g/mol. The van der Waals surface area contributed by atoms with Crippen LogP contribution in [0.4, 0.5) is 5.69 Å². The summed E-state index contributed by atoms with van der Waals surface area (Å²) >= 11 is 1.84. The number of carbonyl (C=O) groups is 1. The highest BCUT2D eigenvalue weighted by Gasteiger charge is 2.36. The number of nitrogen functional groups attached to an aromatic ring is 1. The quantitative estimate of drug-likeness (QED) is 0.854. The lowest BCUT2D eigenvalue weighted by molar-refractivity contribution is 0.0939. The molecule has 1 aromatic heterocycles. The molecule has 5 heteroatoms. The van der Waals surface area contributed by atoms with E-state index in [1.807, 2.05) is 11.8 Å². The van der Waals surface area contributed by atoms with Crippen LogP contribution in [0.2, 0.25) is 0 Å². The molecular formula is C12H17N3OS. The molecule has 1 aliphatic rings. The minimum absolute atomic E-state index is 0.141. The fourth-order valence-electron chi connectivity index (χ4n) is 1.93. The van der Waals surface area contributed by atoms with Crippen LogP contribution in [-0.4, -0.2) is 28.4 Å². The molecule has 3 N–H and O–H groups in total. The fraction of sp³-hybridized carbons (Fsp3) is 0.500. The summed E-state index contributed by atoms with van der Waals surface area (Å²) in [6.45, 7) is 0.712. The summed E-state index contributed by atoms with van der Waals surface area (Å²) in [6.07, 6.45) is 7.27. The van der Waals surface area contributed by atoms with Gasteiger partial charge >= 0.3 is 0 Å². The normalized spacial score (nSPS) is 17.2. The van der Waals surface area contributed by atoms with Crippen LogP contribution in [0.1, 0.15) is 29.8 Å². The van der Waals surface area contributed by atoms with Gasteiger partial charge in [0.2, 0.25) is 0 Å². The topological polar surface area (TPSA) is 68.0 Å². The lowest BCUT2D eigenvalue weighted by atomic mass is 9.84. The molecule has 1 saturated carbocycles. The standard InChI is InChI=1S/C12H17N3OS/c1-17-12(4-2-5-12)8-15-11(16)10-7-9(13)3-6-14-10/h3,6-7H,2,4-5,8H2,1H3,(H2,13,14)(H,15,16). The Kier molecular flexibility index (Phi) is 3.57. The van der Waals surface area contributed by atoms with Gasteiger partial charge < -0.3 is 11.1 Å². The highest BCUT2D eigenvalue weighted by molar-refractivity contribution is 8.00. The van der Waals surface area contributed by atoms with Crippen LogP contribution in [0, 0.1) is 0 Å². The number of thioether (sulfide) groups is 1. The van der Waals surface area contributed by atoms with Crippen molar-refractivity contribution in [1.29, 1.82) is 0 Å². The van der Waals surface area contributed by atoms with Crippen LogP contribution in [0.3, 0.4) is 0 Å². The molecule has 0 spiro atoms. The highest BCUT2D eigenvalue weighted by Crippen LogP contribution is 2.42. The number of pyridine rings is 1. The van der Waals surface area contributed by atoms with E-state index in [1.54, 1.807) is 18.3 Å². The summed E-state index contributed by atoms with van der Waals surface area (Å²) in [6, 6.07) is 3.27. The number of hydrogen-bond acceptors (Lipinski definition) is 4. The zero-order valence-electron chi connectivity index (χ0n) is 9.90. The highest BCUT2D eigenvalue weighted by atomic mass is 32.2. The van der Waals surface area contributed by atoms with E-state index in [0.29, 0.717) is 17.9 Å². The Morgan fingerprint density at radius 3 is 2.94 bits per heavy atom. The van der Waals surface area contributed by atoms with E-state index in [-0.39, 0.29) is 10.7 Å². The second kappa shape index (κ2) is 4.96. The molecule has 1 heterocycles. The molecule has 0 radical (unpaired) electrons. The predicted molar refractivity (Wildman–Crippen MR) is 71.1 cm³/mol. The van der Waals surface area contributed by atoms with Crippen LogP contribution in [0.25, 0.3) is 0 Å². The molecule has 1 aliphatic carbocycles. The van der Waals surface area contributed by atoms with E-state index in [2.05, 4.69) is 16.6 Å². The largest absolute Gasteiger partial charge is 0.399 e. The first kappa shape index (κ1) is 12.2. The van der Waals surface area contributed by atoms with Gasteiger partial charge in [0.15, 0.2) is 0 Å². The Hall–Kier alpha value is -1.23. The Morgan fingerprint density at radius 1 is 1.65 bits per heavy atom. The molecule has 17 heavy (non-hydrogen) atoms. The van der Waals surface area contributed by atoms with Crippen molar-refractivity contribution in [2.45, 2.75) is 24.0 Å². The van der Waals surface area contributed by atoms with Crippen LogP contribution in [-0.2, 0) is 0 Å². The molecule has 0 atom stereocenters. The second-order valence-electron chi connectivity index (χ2n) is 4.40. The molecule has 92 valence electrons. The van der Waals surface area contributed by atoms with Crippen LogP contribution < -0.4 is 11.1 Å². The number of carbonyl (C=O) groups excluding carboxylic acids is 1. The summed E-state index contributed by atoms with van der Waals surface area (Å²) in [5.41, 5.74) is 6.57. The number of aromatic nitrogens is 1. The first-order valence-corrected chi connectivity index (χ1v) is 6.93. The van der Waals surface area contributed by atoms with Crippen molar-refractivity contribution in [1.82, 2.24) is 10.3 Å². The van der Waals surface area contributed by atoms with Crippen LogP contribution >= 0.6 is 11.8 Å². The molecule has 4 nitrogen and oxygen atoms in total. The van der Waals surface area contributed by atoms with Crippen molar-refractivity contribution in [2.75, 3.05) is 18.5 Å². The van der Waals surface area contributed by atoms with Gasteiger partial charge in [-0.25, -0.2) is 0 Å². The first-order chi connectivity index (χ1) is 8.15. The smallest absolute Gasteiger partial charge is 0.270 e. The summed E-state index contributed by atoms with van der Waals surface area (Å²) in [4.78, 5) is 15.9. The number of nitrogens with two attached hydrogens (primary N) is 1. The van der Waals surface area contributed by atoms with Crippen molar-refractivity contribution in [3.63, 3.8) is 0 Å². The van der Waals surface area contributed by atoms with Crippen molar-refractivity contribution >= 4 is 23.4 Å². The molecule has 1 amide bonds. The van der Waals surface area contributed by atoms with Crippen LogP contribution in [0.5, 0.6) is 0 Å². The zero-order chi connectivity index (χ0) is 12.3. The monoisotopic (exact) mass is 251 g/mol. The molecule has 1 aromatic rings. The van der Waals surface area contributed by atoms with Gasteiger partial charge in [-0.3, -0.25) is 9.78 Å². The summed E-state index contributed by atoms with van der Waals surface area (Å²) in [5.74, 6) is -0.141. The Morgan fingerprint density at radius 2 is 2.41 bits per heavy atom. The lowest BCUT2D eigenvalue weighted by Gasteiger charge is -2.40. The summed E-state index contributed by atoms with van der Waals surface area (Å²) in [7, 11) is 0. The van der Waals surface area contributed by atoms with Gasteiger partial charge in [0.25, 0.3) is 5.91 Å². The Bertz CT molecular complexity index is 412. The zero-order valence-corrected chi connectivity index (χ0v) is 10.7. The minimum Gasteiger partial charge on any atom is -0.399 e. The van der Waals surface area contributed by atoms with Crippen molar-refractivity contribution < 1.29 is 4.79 Å². The lowest BCUT2D eigenvalue weighted by Crippen LogP contribution is -2.45. The van der Waals surface area contributed by atoms with Crippen LogP contribution in [0.15, 0.2) is 18.3 Å². The van der Waals surface area contributed by atoms with E-state index in [0.717, 1.165) is 0 Å². The SMILES string of the molecule is CSC1(CNC(=O)c2cc(N)ccn2)CCC1. The summed E-state index contributed by atoms with van der Waals surface area (Å²) < 4.78 is 0.246. The molecule has 0 unspecified atom stereocenters. The number of hydrogen-bond donors (Lipinski definition) is 2. The number of nitrogens with one attached hydrogen (secondary N) is 1. The van der Waals surface area contributed by atoms with Gasteiger partial charge in [0.05, 0.1) is 0 Å². The van der Waals surface area contributed by atoms with E-state index >= 15 is 0 Å². The molecule has 0 aromatic carbocycles. The molecular weight excluding hydrogens is 234 g/mol. The van der Waals surface area contributed by atoms with Gasteiger partial charge in [-0.2, -0.15) is 11.8 Å². The maximum absolute atomic E-state index is 11.9. The van der Waals surface area contributed by atoms with Crippen molar-refractivity contribution in [2.24, 2.45) is 0 Å². The number of amides is 1. The number of anilines is 1. The Balaban J connectivity index is 1.93. The molecule has 0 bridgehead atoms. The molecule has 0 aliphatic heterocycles. The van der Waals surface area contributed by atoms with Gasteiger partial charge in [0, 0.05) is 23.2 Å². The number of nitrogens with zero attached hydrogens (tertiary/aromatic N) is 1. The third-order valence-corrected chi connectivity index (χ3v) is 4.70. The molecule has 2 rings (SSSR count). The number of rotatable bonds is 4. The van der Waals surface area contributed by atoms with Gasteiger partial charge in [0.1, 0.15) is 5.69 Å². The molecule has 1 fully saturated rings. The third kappa shape index (κ3) is 2.72. The Labute approximate surface area is 105 Å². The van der Waals surface area contributed by atoms with Gasteiger partial charge in [-0.15, -0.1) is 0 Å². The van der Waals surface area contributed by atoms with E-state index in [1.165, 1.54) is 19.3 Å². The van der Waals surface area contributed by atoms with Crippen molar-refractivity contribution in [3.05, 3.63) is 24.0 Å². The fourth-order valence-corrected chi connectivity index (χ4v) is 2.84. The maximum Gasteiger partial charge on any atom is 0.270 e. The van der Waals surface area contributed by atoms with E-state index < -0.39 is 0 Å². The van der Waals surface area contributed by atoms with Crippen molar-refractivity contribution in [3.8, 4) is 0 Å². The van der Waals surface area contributed by atoms with Gasteiger partial charge in [-0.05, 0) is 31.2 Å². The first-order valence-electron chi connectivity index (χ1n) is 5.70. The minimum atomic E-state index is -0.141. The second-order valence-corrected chi connectivity index (χ2v) is 5.67. The van der Waals surface area contributed by atoms with E-state index in [9.17, 15) is 4.79 Å². The maximum atomic E-state index is 11.9. The summed E-state index contributed by atoms with van der Waals surface area (Å²) in [5, 5.41) is 2.94. The molecule has 0 saturated heterocycles. The third-order valence-electron chi connectivity index (χ3n) is 3.29.